The van der Waals surface area contributed by atoms with Crippen LogP contribution in [0.5, 0.6) is 0 Å². The zero-order chi connectivity index (χ0) is 8.41. The van der Waals surface area contributed by atoms with E-state index in [2.05, 4.69) is 0 Å². The van der Waals surface area contributed by atoms with Gasteiger partial charge in [-0.1, -0.05) is 0 Å². The molecule has 0 aliphatic carbocycles. The first-order chi connectivity index (χ1) is 4.21. The maximum Gasteiger partial charge on any atom is 1.00 e. The van der Waals surface area contributed by atoms with Crippen molar-refractivity contribution in [1.29, 1.82) is 0 Å². The van der Waals surface area contributed by atoms with E-state index in [1.54, 1.807) is 0 Å². The van der Waals surface area contributed by atoms with Crippen molar-refractivity contribution >= 4 is 15.2 Å². The molecule has 0 aromatic carbocycles. The van der Waals surface area contributed by atoms with Gasteiger partial charge in [-0.05, 0) is 0 Å². The van der Waals surface area contributed by atoms with Gasteiger partial charge in [0, 0.05) is 0 Å². The smallest absolute Gasteiger partial charge is 1.00 e. The van der Waals surface area contributed by atoms with Crippen molar-refractivity contribution in [2.24, 2.45) is 0 Å². The molecule has 6 nitrogen and oxygen atoms in total. The van der Waals surface area contributed by atoms with Crippen LogP contribution >= 0.6 is 15.2 Å². The summed E-state index contributed by atoms with van der Waals surface area (Å²) in [6.07, 6.45) is -1.53. The Hall–Kier alpha value is 1.30. The van der Waals surface area contributed by atoms with Crippen molar-refractivity contribution in [3.63, 3.8) is 0 Å². The Morgan fingerprint density at radius 1 is 0.909 bits per heavy atom. The summed E-state index contributed by atoms with van der Waals surface area (Å²) in [6, 6.07) is 0. The van der Waals surface area contributed by atoms with Gasteiger partial charge < -0.3 is 21.0 Å². The third-order valence-electron chi connectivity index (χ3n) is 0.683. The Labute approximate surface area is 87.1 Å². The maximum absolute atomic E-state index is 10.0. The van der Waals surface area contributed by atoms with E-state index in [-0.39, 0.29) is 31.0 Å². The van der Waals surface area contributed by atoms with Crippen LogP contribution in [-0.4, -0.2) is 31.9 Å². The second-order valence-corrected chi connectivity index (χ2v) is 5.33. The molecule has 0 aliphatic rings. The molecule has 0 aliphatic heterocycles. The van der Waals surface area contributed by atoms with Gasteiger partial charge in [-0.25, -0.2) is 0 Å². The Morgan fingerprint density at radius 3 is 1.18 bits per heavy atom. The van der Waals surface area contributed by atoms with Gasteiger partial charge in [0.1, 0.15) is 0 Å². The molecule has 0 saturated heterocycles. The molecule has 4 N–H and O–H groups in total. The summed E-state index contributed by atoms with van der Waals surface area (Å²) in [5.41, 5.74) is 0. The van der Waals surface area contributed by atoms with Crippen molar-refractivity contribution in [3.8, 4) is 0 Å². The summed E-state index contributed by atoms with van der Waals surface area (Å²) >= 11 is 0. The second kappa shape index (κ2) is 5.12. The van der Waals surface area contributed by atoms with Crippen LogP contribution in [0, 0.1) is 0 Å². The molecule has 0 heterocycles. The van der Waals surface area contributed by atoms with Gasteiger partial charge in [0.15, 0.2) is 0 Å². The maximum atomic E-state index is 10.0. The predicted octanol–water partition coefficient (Wildman–Crippen LogP) is -3.54. The molecule has 0 fully saturated rings. The van der Waals surface area contributed by atoms with Crippen LogP contribution in [0.2, 0.25) is 0 Å². The van der Waals surface area contributed by atoms with Crippen LogP contribution in [0.4, 0.5) is 0 Å². The van der Waals surface area contributed by atoms with Crippen LogP contribution in [0.3, 0.4) is 0 Å². The molecule has 0 atom stereocenters. The normalized spacial score (nSPS) is 12.4. The molecule has 0 saturated carbocycles. The molecule has 0 unspecified atom stereocenters. The van der Waals surface area contributed by atoms with E-state index in [1.165, 1.54) is 0 Å². The quantitative estimate of drug-likeness (QED) is 0.285. The van der Waals surface area contributed by atoms with Gasteiger partial charge in [0.25, 0.3) is 0 Å². The van der Waals surface area contributed by atoms with E-state index in [9.17, 15) is 9.13 Å². The monoisotopic (exact) mass is 214 g/mol. The molecule has 0 amide bonds. The van der Waals surface area contributed by atoms with Crippen molar-refractivity contribution in [3.05, 3.63) is 0 Å². The standard InChI is InChI=1S/C2H8O6P2.Na.H/c3-9(4,5)1-2-10(6,7)8;;/h1-2H2,(H2,3,4,5)(H2,6,7,8);;/q;+1;-1. The molecular formula is C2H9NaO6P2. The average Bonchev–Trinajstić information content (AvgIpc) is 1.57. The van der Waals surface area contributed by atoms with Gasteiger partial charge >= 0.3 is 44.7 Å². The summed E-state index contributed by atoms with van der Waals surface area (Å²) < 4.78 is 20.1. The summed E-state index contributed by atoms with van der Waals surface area (Å²) in [5.74, 6) is 0. The number of hydrogen-bond donors (Lipinski definition) is 4. The van der Waals surface area contributed by atoms with Crippen LogP contribution in [-0.2, 0) is 9.13 Å². The molecule has 0 rings (SSSR count). The third kappa shape index (κ3) is 14.2. The van der Waals surface area contributed by atoms with E-state index >= 15 is 0 Å². The Balaban J connectivity index is -0.000000405. The average molecular weight is 214 g/mol. The molecule has 11 heavy (non-hydrogen) atoms. The fraction of sp³-hybridized carbons (Fsp3) is 1.00. The Morgan fingerprint density at radius 2 is 1.09 bits per heavy atom. The molecule has 0 aromatic rings. The first-order valence-corrected chi connectivity index (χ1v) is 5.89. The van der Waals surface area contributed by atoms with Crippen molar-refractivity contribution in [1.82, 2.24) is 0 Å². The minimum Gasteiger partial charge on any atom is -1.00 e. The van der Waals surface area contributed by atoms with Crippen LogP contribution in [0.15, 0.2) is 0 Å². The Bertz CT molecular complexity index is 174. The van der Waals surface area contributed by atoms with E-state index in [0.29, 0.717) is 0 Å². The van der Waals surface area contributed by atoms with Crippen molar-refractivity contribution in [2.45, 2.75) is 0 Å². The summed E-state index contributed by atoms with van der Waals surface area (Å²) in [6.45, 7) is 0. The minimum absolute atomic E-state index is 0. The third-order valence-corrected chi connectivity index (χ3v) is 2.65. The molecule has 0 spiro atoms. The first-order valence-electron chi connectivity index (χ1n) is 2.30. The zero-order valence-electron chi connectivity index (χ0n) is 6.91. The SMILES string of the molecule is O=P(O)(O)CCP(=O)(O)O.[H-].[Na+]. The second-order valence-electron chi connectivity index (χ2n) is 1.78. The molecule has 64 valence electrons. The van der Waals surface area contributed by atoms with E-state index in [0.717, 1.165) is 0 Å². The van der Waals surface area contributed by atoms with Crippen LogP contribution < -0.4 is 29.6 Å². The summed E-state index contributed by atoms with van der Waals surface area (Å²) in [4.78, 5) is 32.6. The zero-order valence-corrected chi connectivity index (χ0v) is 9.70. The summed E-state index contributed by atoms with van der Waals surface area (Å²) in [5, 5.41) is 0. The fourth-order valence-corrected chi connectivity index (χ4v) is 2.34. The minimum atomic E-state index is -4.25. The van der Waals surface area contributed by atoms with Crippen molar-refractivity contribution in [2.75, 3.05) is 12.3 Å². The van der Waals surface area contributed by atoms with Crippen LogP contribution in [0.25, 0.3) is 0 Å². The number of rotatable bonds is 3. The van der Waals surface area contributed by atoms with Gasteiger partial charge in [-0.3, -0.25) is 9.13 Å². The van der Waals surface area contributed by atoms with E-state index in [4.69, 9.17) is 19.6 Å². The fourth-order valence-electron chi connectivity index (χ4n) is 0.261. The molecule has 0 bridgehead atoms. The predicted molar refractivity (Wildman–Crippen MR) is 34.9 cm³/mol. The van der Waals surface area contributed by atoms with E-state index in [1.807, 2.05) is 0 Å². The van der Waals surface area contributed by atoms with E-state index < -0.39 is 27.5 Å². The molecule has 9 heteroatoms. The topological polar surface area (TPSA) is 115 Å². The largest absolute Gasteiger partial charge is 1.00 e. The van der Waals surface area contributed by atoms with Gasteiger partial charge in [-0.2, -0.15) is 0 Å². The molecule has 0 radical (unpaired) electrons. The molecule has 0 aromatic heterocycles. The van der Waals surface area contributed by atoms with Crippen LogP contribution in [0.1, 0.15) is 1.43 Å². The number of hydrogen-bond acceptors (Lipinski definition) is 2. The first kappa shape index (κ1) is 14.8. The molecular weight excluding hydrogens is 205 g/mol. The van der Waals surface area contributed by atoms with Gasteiger partial charge in [-0.15, -0.1) is 0 Å². The Kier molecular flexibility index (Phi) is 6.89. The van der Waals surface area contributed by atoms with Crippen molar-refractivity contribution < 1.29 is 59.7 Å². The van der Waals surface area contributed by atoms with Gasteiger partial charge in [0.05, 0.1) is 12.3 Å². The summed E-state index contributed by atoms with van der Waals surface area (Å²) in [7, 11) is -8.51. The van der Waals surface area contributed by atoms with Gasteiger partial charge in [0.2, 0.25) is 0 Å².